The minimum atomic E-state index is -4.73. The predicted octanol–water partition coefficient (Wildman–Crippen LogP) is 1.52. The molecule has 1 aliphatic rings. The van der Waals surface area contributed by atoms with Crippen molar-refractivity contribution in [2.45, 2.75) is 12.4 Å². The average Bonchev–Trinajstić information content (AvgIpc) is 2.31. The van der Waals surface area contributed by atoms with E-state index in [0.717, 1.165) is 12.6 Å². The summed E-state index contributed by atoms with van der Waals surface area (Å²) in [6, 6.07) is 3.26. The van der Waals surface area contributed by atoms with E-state index in [-0.39, 0.29) is 17.5 Å². The third-order valence-corrected chi connectivity index (χ3v) is 2.65. The Morgan fingerprint density at radius 2 is 2.06 bits per heavy atom. The van der Waals surface area contributed by atoms with Crippen LogP contribution >= 0.6 is 0 Å². The van der Waals surface area contributed by atoms with Gasteiger partial charge in [0, 0.05) is 31.2 Å². The van der Waals surface area contributed by atoms with Gasteiger partial charge < -0.3 is 20.5 Å². The van der Waals surface area contributed by atoms with E-state index in [1.54, 1.807) is 0 Å². The fraction of sp³-hybridized carbons (Fsp3) is 0.455. The topological polar surface area (TPSA) is 53.5 Å². The number of alkyl halides is 3. The van der Waals surface area contributed by atoms with Gasteiger partial charge in [-0.3, -0.25) is 0 Å². The van der Waals surface area contributed by atoms with E-state index < -0.39 is 6.36 Å². The van der Waals surface area contributed by atoms with Gasteiger partial charge in [0.1, 0.15) is 11.5 Å². The summed E-state index contributed by atoms with van der Waals surface area (Å²) in [5.74, 6) is -0.381. The highest BCUT2D eigenvalue weighted by atomic mass is 19.4. The van der Waals surface area contributed by atoms with Crippen LogP contribution in [0.1, 0.15) is 11.6 Å². The molecule has 0 amide bonds. The molecule has 18 heavy (non-hydrogen) atoms. The molecule has 0 unspecified atom stereocenters. The minimum Gasteiger partial charge on any atom is -0.508 e. The molecule has 0 aliphatic carbocycles. The van der Waals surface area contributed by atoms with Gasteiger partial charge in [0.2, 0.25) is 0 Å². The Morgan fingerprint density at radius 1 is 1.28 bits per heavy atom. The molecule has 1 aromatic rings. The maximum atomic E-state index is 12.1. The van der Waals surface area contributed by atoms with Crippen molar-refractivity contribution in [1.29, 1.82) is 0 Å². The second-order valence-corrected chi connectivity index (χ2v) is 3.98. The summed E-state index contributed by atoms with van der Waals surface area (Å²) in [6.45, 7) is 2.02. The monoisotopic (exact) mass is 262 g/mol. The summed E-state index contributed by atoms with van der Waals surface area (Å²) >= 11 is 0. The van der Waals surface area contributed by atoms with E-state index >= 15 is 0 Å². The highest BCUT2D eigenvalue weighted by Crippen LogP contribution is 2.31. The third-order valence-electron chi connectivity index (χ3n) is 2.65. The Balaban J connectivity index is 2.20. The van der Waals surface area contributed by atoms with Crippen LogP contribution in [-0.2, 0) is 0 Å². The van der Waals surface area contributed by atoms with Crippen LogP contribution in [0.25, 0.3) is 0 Å². The van der Waals surface area contributed by atoms with Crippen LogP contribution in [0, 0.1) is 0 Å². The summed E-state index contributed by atoms with van der Waals surface area (Å²) in [4.78, 5) is 0. The molecule has 1 aromatic carbocycles. The Labute approximate surface area is 102 Å². The molecule has 0 spiro atoms. The summed E-state index contributed by atoms with van der Waals surface area (Å²) in [5, 5.41) is 15.9. The minimum absolute atomic E-state index is 0.0503. The Morgan fingerprint density at radius 3 is 2.67 bits per heavy atom. The van der Waals surface area contributed by atoms with E-state index in [0.29, 0.717) is 18.7 Å². The quantitative estimate of drug-likeness (QED) is 0.756. The second-order valence-electron chi connectivity index (χ2n) is 3.98. The van der Waals surface area contributed by atoms with Crippen LogP contribution in [0.4, 0.5) is 13.2 Å². The molecule has 1 fully saturated rings. The molecule has 0 bridgehead atoms. The van der Waals surface area contributed by atoms with Crippen LogP contribution in [0.2, 0.25) is 0 Å². The van der Waals surface area contributed by atoms with E-state index in [1.807, 2.05) is 0 Å². The molecular weight excluding hydrogens is 249 g/mol. The summed E-state index contributed by atoms with van der Waals surface area (Å²) in [5.41, 5.74) is 0.393. The molecule has 4 nitrogen and oxygen atoms in total. The first-order valence-electron chi connectivity index (χ1n) is 5.48. The molecule has 1 saturated heterocycles. The second kappa shape index (κ2) is 5.03. The van der Waals surface area contributed by atoms with Gasteiger partial charge in [-0.1, -0.05) is 0 Å². The molecule has 100 valence electrons. The van der Waals surface area contributed by atoms with Crippen LogP contribution in [0.15, 0.2) is 18.2 Å². The van der Waals surface area contributed by atoms with E-state index in [1.165, 1.54) is 12.1 Å². The SMILES string of the molecule is Oc1ccc(OC(F)(F)F)cc1[C@@H]1CNCCN1. The molecule has 1 atom stereocenters. The van der Waals surface area contributed by atoms with Gasteiger partial charge in [-0.15, -0.1) is 13.2 Å². The van der Waals surface area contributed by atoms with Gasteiger partial charge in [0.25, 0.3) is 0 Å². The zero-order valence-corrected chi connectivity index (χ0v) is 9.42. The number of aromatic hydroxyl groups is 1. The Kier molecular flexibility index (Phi) is 3.63. The molecule has 2 rings (SSSR count). The Hall–Kier alpha value is -1.47. The predicted molar refractivity (Wildman–Crippen MR) is 58.4 cm³/mol. The van der Waals surface area contributed by atoms with Crippen LogP contribution in [-0.4, -0.2) is 31.1 Å². The molecule has 1 heterocycles. The summed E-state index contributed by atoms with van der Waals surface area (Å²) < 4.78 is 40.1. The Bertz CT molecular complexity index is 417. The zero-order chi connectivity index (χ0) is 13.2. The van der Waals surface area contributed by atoms with Gasteiger partial charge >= 0.3 is 6.36 Å². The molecular formula is C11H13F3N2O2. The molecule has 7 heteroatoms. The number of piperazine rings is 1. The molecule has 0 aromatic heterocycles. The van der Waals surface area contributed by atoms with Crippen molar-refractivity contribution >= 4 is 0 Å². The van der Waals surface area contributed by atoms with Gasteiger partial charge in [-0.05, 0) is 18.2 Å². The van der Waals surface area contributed by atoms with Crippen molar-refractivity contribution < 1.29 is 23.0 Å². The zero-order valence-electron chi connectivity index (χ0n) is 9.42. The molecule has 0 radical (unpaired) electrons. The maximum Gasteiger partial charge on any atom is 0.573 e. The summed E-state index contributed by atoms with van der Waals surface area (Å²) in [6.07, 6.45) is -4.73. The number of phenols is 1. The highest BCUT2D eigenvalue weighted by Gasteiger charge is 2.31. The standard InChI is InChI=1S/C11H13F3N2O2/c12-11(13,14)18-7-1-2-10(17)8(5-7)9-6-15-3-4-16-9/h1-2,5,9,15-17H,3-4,6H2/t9-/m0/s1. The lowest BCUT2D eigenvalue weighted by molar-refractivity contribution is -0.274. The normalized spacial score (nSPS) is 20.7. The van der Waals surface area contributed by atoms with Crippen molar-refractivity contribution in [2.24, 2.45) is 0 Å². The number of halogens is 3. The lowest BCUT2D eigenvalue weighted by atomic mass is 10.0. The largest absolute Gasteiger partial charge is 0.573 e. The highest BCUT2D eigenvalue weighted by molar-refractivity contribution is 5.41. The number of benzene rings is 1. The van der Waals surface area contributed by atoms with Crippen molar-refractivity contribution in [1.82, 2.24) is 10.6 Å². The van der Waals surface area contributed by atoms with Crippen LogP contribution in [0.3, 0.4) is 0 Å². The average molecular weight is 262 g/mol. The number of phenolic OH excluding ortho intramolecular Hbond substituents is 1. The van der Waals surface area contributed by atoms with Gasteiger partial charge in [0.05, 0.1) is 0 Å². The first-order valence-corrected chi connectivity index (χ1v) is 5.48. The number of nitrogens with one attached hydrogen (secondary N) is 2. The molecule has 0 saturated carbocycles. The maximum absolute atomic E-state index is 12.1. The van der Waals surface area contributed by atoms with Crippen molar-refractivity contribution in [2.75, 3.05) is 19.6 Å². The fourth-order valence-electron chi connectivity index (χ4n) is 1.88. The van der Waals surface area contributed by atoms with Crippen LogP contribution < -0.4 is 15.4 Å². The van der Waals surface area contributed by atoms with E-state index in [4.69, 9.17) is 0 Å². The van der Waals surface area contributed by atoms with Gasteiger partial charge in [0.15, 0.2) is 0 Å². The molecule has 1 aliphatic heterocycles. The first-order chi connectivity index (χ1) is 8.46. The summed E-state index contributed by atoms with van der Waals surface area (Å²) in [7, 11) is 0. The van der Waals surface area contributed by atoms with Crippen molar-refractivity contribution in [3.8, 4) is 11.5 Å². The molecule has 3 N–H and O–H groups in total. The van der Waals surface area contributed by atoms with Gasteiger partial charge in [-0.2, -0.15) is 0 Å². The number of ether oxygens (including phenoxy) is 1. The van der Waals surface area contributed by atoms with E-state index in [2.05, 4.69) is 15.4 Å². The number of hydrogen-bond donors (Lipinski definition) is 3. The van der Waals surface area contributed by atoms with E-state index in [9.17, 15) is 18.3 Å². The van der Waals surface area contributed by atoms with Crippen molar-refractivity contribution in [3.63, 3.8) is 0 Å². The number of rotatable bonds is 2. The smallest absolute Gasteiger partial charge is 0.508 e. The fourth-order valence-corrected chi connectivity index (χ4v) is 1.88. The number of hydrogen-bond acceptors (Lipinski definition) is 4. The third kappa shape index (κ3) is 3.27. The van der Waals surface area contributed by atoms with Crippen LogP contribution in [0.5, 0.6) is 11.5 Å². The first kappa shape index (κ1) is 13.0. The van der Waals surface area contributed by atoms with Crippen molar-refractivity contribution in [3.05, 3.63) is 23.8 Å². The lowest BCUT2D eigenvalue weighted by Crippen LogP contribution is -2.42. The van der Waals surface area contributed by atoms with Gasteiger partial charge in [-0.25, -0.2) is 0 Å². The lowest BCUT2D eigenvalue weighted by Gasteiger charge is -2.25.